The fourth-order valence-electron chi connectivity index (χ4n) is 1.21. The van der Waals surface area contributed by atoms with Crippen molar-refractivity contribution in [2.24, 2.45) is 0 Å². The van der Waals surface area contributed by atoms with Crippen molar-refractivity contribution in [3.8, 4) is 12.3 Å². The molecule has 4 N–H and O–H groups in total. The quantitative estimate of drug-likeness (QED) is 0.469. The van der Waals surface area contributed by atoms with Crippen LogP contribution in [0.3, 0.4) is 0 Å². The minimum absolute atomic E-state index is 0.0331. The molecule has 0 aromatic heterocycles. The number of aliphatic hydroxyl groups is 1. The van der Waals surface area contributed by atoms with Gasteiger partial charge in [-0.3, -0.25) is 0 Å². The van der Waals surface area contributed by atoms with Crippen molar-refractivity contribution in [3.05, 3.63) is 0 Å². The minimum Gasteiger partial charge on any atom is -0.480 e. The lowest BCUT2D eigenvalue weighted by Gasteiger charge is -2.18. The molecule has 0 spiro atoms. The summed E-state index contributed by atoms with van der Waals surface area (Å²) < 4.78 is 0. The topological polar surface area (TPSA) is 98.7 Å². The number of rotatable bonds is 7. The van der Waals surface area contributed by atoms with Gasteiger partial charge in [-0.1, -0.05) is 6.92 Å². The van der Waals surface area contributed by atoms with Crippen molar-refractivity contribution < 1.29 is 19.8 Å². The van der Waals surface area contributed by atoms with Gasteiger partial charge in [0.05, 0.1) is 0 Å². The molecular formula is C11H18N2O4. The second-order valence-corrected chi connectivity index (χ2v) is 3.53. The normalized spacial score (nSPS) is 13.2. The van der Waals surface area contributed by atoms with E-state index in [4.69, 9.17) is 16.6 Å². The number of aliphatic carboxylic acids is 1. The summed E-state index contributed by atoms with van der Waals surface area (Å²) in [5.74, 6) is 1.25. The van der Waals surface area contributed by atoms with Crippen molar-refractivity contribution in [2.45, 2.75) is 38.3 Å². The predicted molar refractivity (Wildman–Crippen MR) is 62.3 cm³/mol. The molecule has 6 heteroatoms. The molecule has 0 bridgehead atoms. The lowest BCUT2D eigenvalue weighted by Crippen LogP contribution is -2.49. The van der Waals surface area contributed by atoms with Gasteiger partial charge < -0.3 is 20.8 Å². The van der Waals surface area contributed by atoms with E-state index in [1.165, 1.54) is 0 Å². The Bertz CT molecular complexity index is 298. The van der Waals surface area contributed by atoms with Gasteiger partial charge in [0, 0.05) is 25.5 Å². The van der Waals surface area contributed by atoms with Gasteiger partial charge in [-0.05, 0) is 6.42 Å². The third kappa shape index (κ3) is 6.43. The number of amides is 2. The van der Waals surface area contributed by atoms with E-state index in [2.05, 4.69) is 16.6 Å². The van der Waals surface area contributed by atoms with E-state index < -0.39 is 18.0 Å². The molecule has 0 saturated carbocycles. The minimum atomic E-state index is -1.18. The summed E-state index contributed by atoms with van der Waals surface area (Å²) in [7, 11) is 0. The number of carboxylic acids is 1. The Morgan fingerprint density at radius 2 is 2.06 bits per heavy atom. The number of nitrogens with one attached hydrogen (secondary N) is 2. The largest absolute Gasteiger partial charge is 0.480 e. The zero-order valence-corrected chi connectivity index (χ0v) is 9.77. The maximum Gasteiger partial charge on any atom is 0.326 e. The van der Waals surface area contributed by atoms with Crippen molar-refractivity contribution >= 4 is 12.0 Å². The van der Waals surface area contributed by atoms with Gasteiger partial charge in [-0.2, -0.15) is 0 Å². The van der Waals surface area contributed by atoms with Crippen LogP contribution in [0.15, 0.2) is 0 Å². The maximum absolute atomic E-state index is 11.4. The van der Waals surface area contributed by atoms with E-state index in [9.17, 15) is 9.59 Å². The van der Waals surface area contributed by atoms with Crippen LogP contribution in [0.4, 0.5) is 4.79 Å². The number of hydrogen-bond donors (Lipinski definition) is 4. The lowest BCUT2D eigenvalue weighted by atomic mass is 10.1. The van der Waals surface area contributed by atoms with Gasteiger partial charge >= 0.3 is 12.0 Å². The standard InChI is InChI=1S/C11H18N2O4/c1-3-5-8(4-2)12-11(17)13-9(6-7-14)10(15)16/h1,8-9,14H,4-7H2,2H3,(H,15,16)(H2,12,13,17)/t8?,9-/m0/s1. The van der Waals surface area contributed by atoms with Crippen molar-refractivity contribution in [1.29, 1.82) is 0 Å². The molecule has 1 unspecified atom stereocenters. The molecule has 6 nitrogen and oxygen atoms in total. The molecule has 2 atom stereocenters. The molecule has 0 aromatic carbocycles. The van der Waals surface area contributed by atoms with Gasteiger partial charge in [-0.25, -0.2) is 9.59 Å². The molecule has 0 heterocycles. The Morgan fingerprint density at radius 3 is 2.47 bits per heavy atom. The highest BCUT2D eigenvalue weighted by Gasteiger charge is 2.20. The summed E-state index contributed by atoms with van der Waals surface area (Å²) >= 11 is 0. The highest BCUT2D eigenvalue weighted by atomic mass is 16.4. The molecule has 17 heavy (non-hydrogen) atoms. The maximum atomic E-state index is 11.4. The molecule has 0 aromatic rings. The molecule has 0 saturated heterocycles. The fraction of sp³-hybridized carbons (Fsp3) is 0.636. The van der Waals surface area contributed by atoms with Crippen molar-refractivity contribution in [3.63, 3.8) is 0 Å². The van der Waals surface area contributed by atoms with Crippen molar-refractivity contribution in [1.82, 2.24) is 10.6 Å². The molecule has 0 rings (SSSR count). The Balaban J connectivity index is 4.22. The van der Waals surface area contributed by atoms with E-state index in [0.717, 1.165) is 0 Å². The van der Waals surface area contributed by atoms with Crippen LogP contribution in [0.25, 0.3) is 0 Å². The average Bonchev–Trinajstić information content (AvgIpc) is 2.27. The Morgan fingerprint density at radius 1 is 1.41 bits per heavy atom. The Hall–Kier alpha value is -1.74. The first kappa shape index (κ1) is 15.3. The Labute approximate surface area is 100 Å². The number of aliphatic hydroxyl groups excluding tert-OH is 1. The summed E-state index contributed by atoms with van der Waals surface area (Å²) in [6, 6.07) is -1.86. The number of carbonyl (C=O) groups excluding carboxylic acids is 1. The van der Waals surface area contributed by atoms with Gasteiger partial charge in [0.1, 0.15) is 6.04 Å². The second kappa shape index (κ2) is 8.42. The average molecular weight is 242 g/mol. The number of carboxylic acid groups (broad SMARTS) is 1. The van der Waals surface area contributed by atoms with E-state index in [1.54, 1.807) is 0 Å². The molecule has 0 fully saturated rings. The van der Waals surface area contributed by atoms with Crippen LogP contribution in [-0.2, 0) is 4.79 Å². The summed E-state index contributed by atoms with van der Waals surface area (Å²) in [6.07, 6.45) is 6.15. The van der Waals surface area contributed by atoms with Crippen LogP contribution < -0.4 is 10.6 Å². The van der Waals surface area contributed by atoms with Crippen LogP contribution in [0, 0.1) is 12.3 Å². The summed E-state index contributed by atoms with van der Waals surface area (Å²) in [5, 5.41) is 22.2. The van der Waals surface area contributed by atoms with Gasteiger partial charge in [0.15, 0.2) is 0 Å². The molecule has 2 amide bonds. The second-order valence-electron chi connectivity index (χ2n) is 3.53. The summed E-state index contributed by atoms with van der Waals surface area (Å²) in [6.45, 7) is 1.56. The number of terminal acetylenes is 1. The number of hydrogen-bond acceptors (Lipinski definition) is 3. The number of carbonyl (C=O) groups is 2. The molecule has 0 radical (unpaired) electrons. The zero-order valence-electron chi connectivity index (χ0n) is 9.77. The molecule has 0 aliphatic heterocycles. The van der Waals surface area contributed by atoms with Crippen LogP contribution in [0.5, 0.6) is 0 Å². The van der Waals surface area contributed by atoms with Crippen LogP contribution in [0.2, 0.25) is 0 Å². The first-order chi connectivity index (χ1) is 8.04. The Kier molecular flexibility index (Phi) is 7.55. The fourth-order valence-corrected chi connectivity index (χ4v) is 1.21. The van der Waals surface area contributed by atoms with E-state index >= 15 is 0 Å². The van der Waals surface area contributed by atoms with Crippen molar-refractivity contribution in [2.75, 3.05) is 6.61 Å². The lowest BCUT2D eigenvalue weighted by molar-refractivity contribution is -0.139. The van der Waals surface area contributed by atoms with Crippen LogP contribution in [0.1, 0.15) is 26.2 Å². The third-order valence-electron chi connectivity index (χ3n) is 2.21. The summed E-state index contributed by atoms with van der Waals surface area (Å²) in [5.41, 5.74) is 0. The SMILES string of the molecule is C#CCC(CC)NC(=O)N[C@@H](CCO)C(=O)O. The summed E-state index contributed by atoms with van der Waals surface area (Å²) in [4.78, 5) is 22.2. The molecule has 0 aliphatic carbocycles. The van der Waals surface area contributed by atoms with Crippen LogP contribution in [-0.4, -0.2) is 40.9 Å². The van der Waals surface area contributed by atoms with Gasteiger partial charge in [0.25, 0.3) is 0 Å². The predicted octanol–water partition coefficient (Wildman–Crippen LogP) is -0.0769. The molecule has 96 valence electrons. The molecule has 0 aliphatic rings. The highest BCUT2D eigenvalue weighted by molar-refractivity contribution is 5.82. The van der Waals surface area contributed by atoms with Gasteiger partial charge in [-0.15, -0.1) is 12.3 Å². The molecular weight excluding hydrogens is 224 g/mol. The first-order valence-corrected chi connectivity index (χ1v) is 5.39. The highest BCUT2D eigenvalue weighted by Crippen LogP contribution is 1.97. The monoisotopic (exact) mass is 242 g/mol. The zero-order chi connectivity index (χ0) is 13.3. The van der Waals surface area contributed by atoms with E-state index in [-0.39, 0.29) is 19.1 Å². The first-order valence-electron chi connectivity index (χ1n) is 5.39. The van der Waals surface area contributed by atoms with E-state index in [0.29, 0.717) is 12.8 Å². The number of urea groups is 1. The van der Waals surface area contributed by atoms with E-state index in [1.807, 2.05) is 6.92 Å². The van der Waals surface area contributed by atoms with Gasteiger partial charge in [0.2, 0.25) is 0 Å². The van der Waals surface area contributed by atoms with Crippen LogP contribution >= 0.6 is 0 Å². The third-order valence-corrected chi connectivity index (χ3v) is 2.21. The smallest absolute Gasteiger partial charge is 0.326 e.